The number of hydrogen-bond acceptors (Lipinski definition) is 2. The normalized spacial score (nSPS) is 21.5. The first-order valence-electron chi connectivity index (χ1n) is 32.5. The van der Waals surface area contributed by atoms with E-state index in [1.54, 1.807) is 18.2 Å². The maximum absolute atomic E-state index is 13.9. The molecule has 0 bridgehead atoms. The van der Waals surface area contributed by atoms with Gasteiger partial charge in [0.15, 0.2) is 52.3 Å². The molecular weight excluding hydrogens is 1230 g/mol. The second-order valence-corrected chi connectivity index (χ2v) is 26.2. The van der Waals surface area contributed by atoms with E-state index in [2.05, 4.69) is 49.3 Å². The molecule has 0 N–H and O–H groups in total. The zero-order valence-corrected chi connectivity index (χ0v) is 53.1. The van der Waals surface area contributed by atoms with Crippen molar-refractivity contribution in [3.8, 4) is 56.0 Å². The van der Waals surface area contributed by atoms with E-state index in [1.807, 2.05) is 72.8 Å². The summed E-state index contributed by atoms with van der Waals surface area (Å²) in [4.78, 5) is 0. The molecule has 0 atom stereocenters. The predicted octanol–water partition coefficient (Wildman–Crippen LogP) is 25.5. The fraction of sp³-hybridized carbons (Fsp3) is 0.385. The Morgan fingerprint density at radius 2 is 0.511 bits per heavy atom. The maximum Gasteiger partial charge on any atom is 0.573 e. The number of benzene rings is 8. The summed E-state index contributed by atoms with van der Waals surface area (Å²) in [7, 11) is 0. The van der Waals surface area contributed by atoms with Crippen molar-refractivity contribution in [1.29, 1.82) is 0 Å². The maximum atomic E-state index is 13.9. The largest absolute Gasteiger partial charge is 0.573 e. The predicted molar refractivity (Wildman–Crippen MR) is 342 cm³/mol. The highest BCUT2D eigenvalue weighted by Crippen LogP contribution is 2.42. The van der Waals surface area contributed by atoms with E-state index >= 15 is 0 Å². The smallest absolute Gasteiger partial charge is 0.403 e. The van der Waals surface area contributed by atoms with Crippen molar-refractivity contribution in [3.05, 3.63) is 227 Å². The van der Waals surface area contributed by atoms with Crippen LogP contribution in [0.2, 0.25) is 0 Å². The van der Waals surface area contributed by atoms with Gasteiger partial charge in [-0.15, -0.1) is 26.3 Å². The van der Waals surface area contributed by atoms with Crippen molar-refractivity contribution in [3.63, 3.8) is 0 Å². The second kappa shape index (κ2) is 31.7. The molecule has 0 aliphatic heterocycles. The van der Waals surface area contributed by atoms with Crippen LogP contribution in [0.1, 0.15) is 176 Å². The van der Waals surface area contributed by atoms with Gasteiger partial charge >= 0.3 is 12.7 Å². The van der Waals surface area contributed by atoms with Gasteiger partial charge in [-0.25, -0.2) is 35.1 Å². The van der Waals surface area contributed by atoms with Gasteiger partial charge in [-0.1, -0.05) is 188 Å². The van der Waals surface area contributed by atoms with E-state index in [0.717, 1.165) is 89.6 Å². The average Bonchev–Trinajstić information content (AvgIpc) is 0.889. The van der Waals surface area contributed by atoms with Crippen molar-refractivity contribution < 1.29 is 70.9 Å². The van der Waals surface area contributed by atoms with Crippen molar-refractivity contribution in [2.24, 2.45) is 23.7 Å². The molecule has 4 fully saturated rings. The zero-order chi connectivity index (χ0) is 67.4. The van der Waals surface area contributed by atoms with Crippen LogP contribution in [0.25, 0.3) is 44.5 Å². The van der Waals surface area contributed by atoms with Gasteiger partial charge in [-0.3, -0.25) is 0 Å². The zero-order valence-electron chi connectivity index (χ0n) is 53.1. The molecule has 0 spiro atoms. The van der Waals surface area contributed by atoms with Crippen LogP contribution < -0.4 is 9.47 Å². The third-order valence-corrected chi connectivity index (χ3v) is 19.2. The molecule has 500 valence electrons. The summed E-state index contributed by atoms with van der Waals surface area (Å²) >= 11 is 0. The molecule has 16 heteroatoms. The topological polar surface area (TPSA) is 18.5 Å². The monoisotopic (exact) mass is 1310 g/mol. The van der Waals surface area contributed by atoms with Crippen molar-refractivity contribution in [2.75, 3.05) is 0 Å². The highest BCUT2D eigenvalue weighted by molar-refractivity contribution is 5.67. The third-order valence-electron chi connectivity index (χ3n) is 19.2. The summed E-state index contributed by atoms with van der Waals surface area (Å²) in [6, 6.07) is 42.6. The lowest BCUT2D eigenvalue weighted by Gasteiger charge is -2.26. The Hall–Kier alpha value is -7.62. The fourth-order valence-corrected chi connectivity index (χ4v) is 13.4. The Bertz CT molecular complexity index is 3670. The van der Waals surface area contributed by atoms with Gasteiger partial charge in [0.05, 0.1) is 0 Å². The lowest BCUT2D eigenvalue weighted by atomic mass is 9.79. The third kappa shape index (κ3) is 19.7. The molecule has 94 heavy (non-hydrogen) atoms. The Kier molecular flexibility index (Phi) is 23.9. The van der Waals surface area contributed by atoms with Crippen LogP contribution in [0.5, 0.6) is 11.5 Å². The van der Waals surface area contributed by atoms with Gasteiger partial charge in [0.2, 0.25) is 5.75 Å². The molecule has 0 saturated heterocycles. The van der Waals surface area contributed by atoms with Crippen LogP contribution in [-0.2, 0) is 0 Å². The first-order chi connectivity index (χ1) is 44.7. The molecule has 0 radical (unpaired) electrons. The molecule has 4 aliphatic rings. The minimum Gasteiger partial charge on any atom is -0.403 e. The van der Waals surface area contributed by atoms with Crippen LogP contribution in [0, 0.1) is 70.2 Å². The molecule has 0 heterocycles. The molecule has 0 amide bonds. The van der Waals surface area contributed by atoms with Crippen LogP contribution in [0.3, 0.4) is 0 Å². The molecule has 4 saturated carbocycles. The number of halogens is 14. The van der Waals surface area contributed by atoms with Gasteiger partial charge in [0, 0.05) is 0 Å². The number of rotatable bonds is 10. The van der Waals surface area contributed by atoms with Gasteiger partial charge in [-0.05, 0) is 214 Å². The van der Waals surface area contributed by atoms with Crippen LogP contribution in [-0.4, -0.2) is 12.7 Å². The Morgan fingerprint density at radius 1 is 0.255 bits per heavy atom. The van der Waals surface area contributed by atoms with Crippen molar-refractivity contribution in [1.82, 2.24) is 0 Å². The standard InChI is InChI=1S/C20H19F5O.C20H20F4O.C19H19F3.C19H20F2/c1-12-2-4-13(5-3-12)14-6-8-15(9-7-14)16-10-17(21)19(18(22)11-16)26-20(23,24)25;1-13-2-4-14(5-3-13)15-6-8-16(9-7-15)17-10-11-19(18(21)12-17)25-20(22,23)24;1-12-2-4-13(5-3-12)14-6-8-15(9-7-14)16-10-17(20)19(22)18(21)11-16;1-13-2-4-14(5-3-13)15-6-8-16(9-7-15)17-10-11-18(20)19(21)12-17/h6-13H,2-5H2,1H3;6-14H,2-5H2,1H3;6-13H,2-5H2,1H3;6-14H,2-5H2,1H3. The molecule has 8 aromatic rings. The highest BCUT2D eigenvalue weighted by Gasteiger charge is 2.35. The molecule has 0 unspecified atom stereocenters. The summed E-state index contributed by atoms with van der Waals surface area (Å²) < 4.78 is 188. The van der Waals surface area contributed by atoms with Crippen LogP contribution >= 0.6 is 0 Å². The lowest BCUT2D eigenvalue weighted by Crippen LogP contribution is -2.19. The van der Waals surface area contributed by atoms with E-state index in [9.17, 15) is 61.5 Å². The molecule has 12 rings (SSSR count). The highest BCUT2D eigenvalue weighted by atomic mass is 19.4. The first kappa shape index (κ1) is 70.7. The van der Waals surface area contributed by atoms with Gasteiger partial charge in [-0.2, -0.15) is 0 Å². The van der Waals surface area contributed by atoms with Crippen LogP contribution in [0.15, 0.2) is 158 Å². The Balaban J connectivity index is 0.000000148. The summed E-state index contributed by atoms with van der Waals surface area (Å²) in [5.41, 5.74) is 9.80. The first-order valence-corrected chi connectivity index (χ1v) is 32.5. The summed E-state index contributed by atoms with van der Waals surface area (Å²) in [5, 5.41) is 0. The number of ether oxygens (including phenoxy) is 2. The van der Waals surface area contributed by atoms with Gasteiger partial charge < -0.3 is 9.47 Å². The number of hydrogen-bond donors (Lipinski definition) is 0. The minimum atomic E-state index is -5.15. The Morgan fingerprint density at radius 3 is 0.798 bits per heavy atom. The van der Waals surface area contributed by atoms with Gasteiger partial charge in [0.25, 0.3) is 0 Å². The molecule has 2 nitrogen and oxygen atoms in total. The van der Waals surface area contributed by atoms with E-state index in [0.29, 0.717) is 45.9 Å². The van der Waals surface area contributed by atoms with Gasteiger partial charge in [0.1, 0.15) is 0 Å². The van der Waals surface area contributed by atoms with E-state index < -0.39 is 70.8 Å². The average molecular weight is 1310 g/mol. The van der Waals surface area contributed by atoms with E-state index in [4.69, 9.17) is 0 Å². The molecule has 8 aromatic carbocycles. The SMILES string of the molecule is CC1CCC(c2ccc(-c3cc(F)c(F)c(F)c3)cc2)CC1.CC1CCC(c2ccc(-c3cc(F)c(OC(F)(F)F)c(F)c3)cc2)CC1.CC1CCC(c2ccc(-c3ccc(F)c(F)c3)cc2)CC1.CC1CCC(c2ccc(-c3ccc(OC(F)(F)F)c(F)c3)cc2)CC1. The Labute approximate surface area is 541 Å². The van der Waals surface area contributed by atoms with E-state index in [1.165, 1.54) is 130 Å². The summed E-state index contributed by atoms with van der Waals surface area (Å²) in [6.45, 7) is 9.13. The molecular formula is C78H78F14O2. The second-order valence-electron chi connectivity index (χ2n) is 26.2. The fourth-order valence-electron chi connectivity index (χ4n) is 13.4. The summed E-state index contributed by atoms with van der Waals surface area (Å²) in [6.07, 6.45) is 9.38. The van der Waals surface area contributed by atoms with Crippen molar-refractivity contribution >= 4 is 0 Å². The lowest BCUT2D eigenvalue weighted by molar-refractivity contribution is -0.277. The minimum absolute atomic E-state index is 0.165. The van der Waals surface area contributed by atoms with Crippen LogP contribution in [0.4, 0.5) is 61.5 Å². The number of alkyl halides is 6. The quantitative estimate of drug-likeness (QED) is 0.100. The molecule has 0 aromatic heterocycles. The summed E-state index contributed by atoms with van der Waals surface area (Å²) in [5.74, 6) is -5.91. The molecule has 4 aliphatic carbocycles. The van der Waals surface area contributed by atoms with Crippen molar-refractivity contribution in [2.45, 2.75) is 167 Å². The van der Waals surface area contributed by atoms with E-state index in [-0.39, 0.29) is 5.56 Å².